The predicted octanol–water partition coefficient (Wildman–Crippen LogP) is 7.85. The van der Waals surface area contributed by atoms with Gasteiger partial charge in [0.15, 0.2) is 5.78 Å². The number of Topliss-reactive ketones (excluding diaryl/α,β-unsaturated/α-hetero) is 1. The lowest BCUT2D eigenvalue weighted by Crippen LogP contribution is -2.28. The molecule has 42 heavy (non-hydrogen) atoms. The van der Waals surface area contributed by atoms with E-state index < -0.39 is 47.3 Å². The molecule has 0 aliphatic carbocycles. The number of hydrogen-bond acceptors (Lipinski definition) is 6. The molecule has 3 aromatic rings. The molecule has 0 unspecified atom stereocenters. The van der Waals surface area contributed by atoms with Crippen molar-refractivity contribution in [1.82, 2.24) is 4.98 Å². The van der Waals surface area contributed by atoms with Crippen LogP contribution in [-0.2, 0) is 15.7 Å². The van der Waals surface area contributed by atoms with E-state index >= 15 is 0 Å². The minimum Gasteiger partial charge on any atom is -0.493 e. The zero-order valence-corrected chi connectivity index (χ0v) is 24.3. The van der Waals surface area contributed by atoms with E-state index in [1.807, 2.05) is 32.0 Å². The van der Waals surface area contributed by atoms with Crippen LogP contribution in [0.5, 0.6) is 5.75 Å². The van der Waals surface area contributed by atoms with Crippen molar-refractivity contribution in [2.24, 2.45) is 0 Å². The van der Waals surface area contributed by atoms with Crippen molar-refractivity contribution in [2.75, 3.05) is 17.2 Å². The van der Waals surface area contributed by atoms with E-state index in [4.69, 9.17) is 9.47 Å². The van der Waals surface area contributed by atoms with Gasteiger partial charge < -0.3 is 14.8 Å². The van der Waals surface area contributed by atoms with Crippen molar-refractivity contribution in [3.8, 4) is 16.9 Å². The second-order valence-electron chi connectivity index (χ2n) is 10.8. The van der Waals surface area contributed by atoms with Gasteiger partial charge in [-0.3, -0.25) is 19.9 Å². The number of amides is 2. The molecule has 0 atom stereocenters. The Kier molecular flexibility index (Phi) is 9.98. The largest absolute Gasteiger partial charge is 0.493 e. The first kappa shape index (κ1) is 32.1. The molecule has 8 nitrogen and oxygen atoms in total. The Morgan fingerprint density at radius 1 is 0.929 bits per heavy atom. The molecule has 11 heteroatoms. The molecule has 0 saturated heterocycles. The molecule has 3 rings (SSSR count). The highest BCUT2D eigenvalue weighted by Crippen LogP contribution is 2.41. The summed E-state index contributed by atoms with van der Waals surface area (Å²) in [6, 6.07) is 12.0. The molecule has 0 saturated carbocycles. The number of ether oxygens (including phenoxy) is 2. The quantitative estimate of drug-likeness (QED) is 0.196. The van der Waals surface area contributed by atoms with Gasteiger partial charge in [0.05, 0.1) is 30.0 Å². The lowest BCUT2D eigenvalue weighted by molar-refractivity contribution is -0.138. The van der Waals surface area contributed by atoms with Gasteiger partial charge in [0.25, 0.3) is 0 Å². The molecule has 1 aromatic heterocycles. The monoisotopic (exact) mass is 585 g/mol. The number of nitrogens with one attached hydrogen (secondary N) is 2. The van der Waals surface area contributed by atoms with E-state index in [0.717, 1.165) is 22.9 Å². The third-order valence-corrected chi connectivity index (χ3v) is 5.85. The molecule has 0 bridgehead atoms. The number of benzene rings is 2. The van der Waals surface area contributed by atoms with Gasteiger partial charge in [-0.15, -0.1) is 0 Å². The number of carbonyl (C=O) groups excluding carboxylic acids is 3. The van der Waals surface area contributed by atoms with Gasteiger partial charge in [-0.05, 0) is 69.0 Å². The fraction of sp³-hybridized carbons (Fsp3) is 0.355. The van der Waals surface area contributed by atoms with Crippen molar-refractivity contribution in [3.63, 3.8) is 0 Å². The predicted molar refractivity (Wildman–Crippen MR) is 154 cm³/mol. The third-order valence-electron chi connectivity index (χ3n) is 5.85. The summed E-state index contributed by atoms with van der Waals surface area (Å²) >= 11 is 0. The standard InChI is InChI=1S/C31H34F3N3O5/c1-7-41-27-16-25(37-29(40)42-30(4,5)6)24(15-22(27)31(32,33)34)36-28(39)17-26(38)21-10-8-9-19(13-21)20-11-12-35-23(14-20)18(2)3/h8-16,18H,7,17H2,1-6H3,(H,36,39)(H,37,40). The van der Waals surface area contributed by atoms with Gasteiger partial charge in [0.2, 0.25) is 5.91 Å². The topological polar surface area (TPSA) is 107 Å². The Morgan fingerprint density at radius 2 is 1.60 bits per heavy atom. The van der Waals surface area contributed by atoms with Crippen LogP contribution in [0.3, 0.4) is 0 Å². The number of carbonyl (C=O) groups is 3. The third kappa shape index (κ3) is 8.79. The first-order chi connectivity index (χ1) is 19.6. The maximum absolute atomic E-state index is 13.8. The lowest BCUT2D eigenvalue weighted by atomic mass is 9.98. The molecule has 2 N–H and O–H groups in total. The van der Waals surface area contributed by atoms with Gasteiger partial charge in [-0.1, -0.05) is 32.0 Å². The Morgan fingerprint density at radius 3 is 2.21 bits per heavy atom. The molecular weight excluding hydrogens is 551 g/mol. The summed E-state index contributed by atoms with van der Waals surface area (Å²) in [6.07, 6.45) is -4.75. The van der Waals surface area contributed by atoms with Crippen molar-refractivity contribution >= 4 is 29.2 Å². The molecule has 1 heterocycles. The molecule has 2 amide bonds. The van der Waals surface area contributed by atoms with E-state index in [1.54, 1.807) is 45.2 Å². The van der Waals surface area contributed by atoms with Gasteiger partial charge in [-0.2, -0.15) is 13.2 Å². The Bertz CT molecular complexity index is 1460. The van der Waals surface area contributed by atoms with Crippen LogP contribution in [0.1, 0.15) is 75.5 Å². The van der Waals surface area contributed by atoms with Crippen LogP contribution in [0.25, 0.3) is 11.1 Å². The van der Waals surface area contributed by atoms with Crippen LogP contribution in [-0.4, -0.2) is 35.0 Å². The summed E-state index contributed by atoms with van der Waals surface area (Å²) < 4.78 is 51.8. The summed E-state index contributed by atoms with van der Waals surface area (Å²) in [5, 5.41) is 4.69. The van der Waals surface area contributed by atoms with Gasteiger partial charge in [-0.25, -0.2) is 4.79 Å². The molecule has 2 aromatic carbocycles. The van der Waals surface area contributed by atoms with Gasteiger partial charge in [0.1, 0.15) is 11.4 Å². The van der Waals surface area contributed by atoms with Crippen molar-refractivity contribution in [1.29, 1.82) is 0 Å². The summed E-state index contributed by atoms with van der Waals surface area (Å²) in [5.74, 6) is -1.76. The van der Waals surface area contributed by atoms with Crippen LogP contribution >= 0.6 is 0 Å². The van der Waals surface area contributed by atoms with Crippen LogP contribution in [0.15, 0.2) is 54.7 Å². The Labute approximate surface area is 242 Å². The minimum absolute atomic E-state index is 0.0769. The highest BCUT2D eigenvalue weighted by Gasteiger charge is 2.36. The summed E-state index contributed by atoms with van der Waals surface area (Å²) in [4.78, 5) is 42.7. The first-order valence-corrected chi connectivity index (χ1v) is 13.3. The average Bonchev–Trinajstić information content (AvgIpc) is 2.88. The SMILES string of the molecule is CCOc1cc(NC(=O)OC(C)(C)C)c(NC(=O)CC(=O)c2cccc(-c3ccnc(C(C)C)c3)c2)cc1C(F)(F)F. The van der Waals surface area contributed by atoms with Crippen LogP contribution in [0.2, 0.25) is 0 Å². The fourth-order valence-corrected chi connectivity index (χ4v) is 3.95. The lowest BCUT2D eigenvalue weighted by Gasteiger charge is -2.22. The smallest absolute Gasteiger partial charge is 0.420 e. The summed E-state index contributed by atoms with van der Waals surface area (Å²) in [5.41, 5.74) is 0.106. The molecule has 0 radical (unpaired) electrons. The van der Waals surface area contributed by atoms with Crippen LogP contribution in [0, 0.1) is 0 Å². The van der Waals surface area contributed by atoms with E-state index in [0.29, 0.717) is 6.07 Å². The van der Waals surface area contributed by atoms with Crippen LogP contribution < -0.4 is 15.4 Å². The maximum Gasteiger partial charge on any atom is 0.420 e. The van der Waals surface area contributed by atoms with Crippen molar-refractivity contribution < 1.29 is 37.0 Å². The number of hydrogen-bond donors (Lipinski definition) is 2. The number of aromatic nitrogens is 1. The number of alkyl halides is 3. The summed E-state index contributed by atoms with van der Waals surface area (Å²) in [7, 11) is 0. The number of pyridine rings is 1. The highest BCUT2D eigenvalue weighted by molar-refractivity contribution is 6.12. The normalized spacial score (nSPS) is 11.7. The van der Waals surface area contributed by atoms with Crippen molar-refractivity contribution in [2.45, 2.75) is 65.7 Å². The zero-order chi connectivity index (χ0) is 31.2. The second-order valence-corrected chi connectivity index (χ2v) is 10.8. The fourth-order valence-electron chi connectivity index (χ4n) is 3.95. The summed E-state index contributed by atoms with van der Waals surface area (Å²) in [6.45, 7) is 10.3. The minimum atomic E-state index is -4.83. The zero-order valence-electron chi connectivity index (χ0n) is 24.3. The molecule has 0 fully saturated rings. The van der Waals surface area contributed by atoms with Crippen LogP contribution in [0.4, 0.5) is 29.3 Å². The number of rotatable bonds is 9. The van der Waals surface area contributed by atoms with E-state index in [2.05, 4.69) is 15.6 Å². The Hall–Kier alpha value is -4.41. The Balaban J connectivity index is 1.88. The van der Waals surface area contributed by atoms with E-state index in [-0.39, 0.29) is 29.5 Å². The number of halogens is 3. The maximum atomic E-state index is 13.8. The molecule has 0 aliphatic rings. The molecule has 0 aliphatic heterocycles. The van der Waals surface area contributed by atoms with Gasteiger partial charge >= 0.3 is 12.3 Å². The molecular formula is C31H34F3N3O5. The van der Waals surface area contributed by atoms with Gasteiger partial charge in [0, 0.05) is 23.5 Å². The second kappa shape index (κ2) is 13.1. The van der Waals surface area contributed by atoms with Crippen molar-refractivity contribution in [3.05, 3.63) is 71.5 Å². The molecule has 0 spiro atoms. The average molecular weight is 586 g/mol. The number of nitrogens with zero attached hydrogens (tertiary/aromatic N) is 1. The molecule has 224 valence electrons. The highest BCUT2D eigenvalue weighted by atomic mass is 19.4. The van der Waals surface area contributed by atoms with E-state index in [1.165, 1.54) is 6.92 Å². The first-order valence-electron chi connectivity index (χ1n) is 13.3. The van der Waals surface area contributed by atoms with E-state index in [9.17, 15) is 27.6 Å². The number of anilines is 2. The number of ketones is 1.